The zero-order valence-corrected chi connectivity index (χ0v) is 11.5. The fourth-order valence-electron chi connectivity index (χ4n) is 2.60. The summed E-state index contributed by atoms with van der Waals surface area (Å²) >= 11 is 0. The summed E-state index contributed by atoms with van der Waals surface area (Å²) in [4.78, 5) is 22.6. The number of carbonyl (C=O) groups is 2. The Morgan fingerprint density at radius 3 is 2.32 bits per heavy atom. The molecule has 0 radical (unpaired) electrons. The first kappa shape index (κ1) is 14.3. The van der Waals surface area contributed by atoms with Crippen LogP contribution in [0.3, 0.4) is 0 Å². The molecule has 5 nitrogen and oxygen atoms in total. The minimum atomic E-state index is -0.663. The van der Waals surface area contributed by atoms with Gasteiger partial charge in [0.25, 0.3) is 0 Å². The number of carbonyl (C=O) groups excluding carboxylic acids is 1. The molecule has 2 saturated carbocycles. The van der Waals surface area contributed by atoms with Crippen LogP contribution in [0.2, 0.25) is 0 Å². The molecule has 0 aliphatic heterocycles. The van der Waals surface area contributed by atoms with E-state index in [1.54, 1.807) is 0 Å². The molecule has 2 aliphatic carbocycles. The molecule has 0 heterocycles. The van der Waals surface area contributed by atoms with Crippen LogP contribution < -0.4 is 10.6 Å². The first-order valence-corrected chi connectivity index (χ1v) is 7.33. The second-order valence-electron chi connectivity index (χ2n) is 5.97. The average molecular weight is 268 g/mol. The van der Waals surface area contributed by atoms with Crippen molar-refractivity contribution in [2.75, 3.05) is 6.54 Å². The van der Waals surface area contributed by atoms with Gasteiger partial charge in [-0.15, -0.1) is 0 Å². The Morgan fingerprint density at radius 1 is 1.16 bits per heavy atom. The standard InChI is InChI=1S/C14H24N2O3/c1-9(13(17)16-12-6-7-12)15-8-10-2-4-11(5-3-10)14(18)19/h9-12,15H,2-8H2,1H3,(H,16,17)(H,18,19). The normalized spacial score (nSPS) is 28.7. The van der Waals surface area contributed by atoms with Crippen molar-refractivity contribution in [3.8, 4) is 0 Å². The lowest BCUT2D eigenvalue weighted by Gasteiger charge is -2.27. The minimum Gasteiger partial charge on any atom is -0.481 e. The molecule has 3 N–H and O–H groups in total. The van der Waals surface area contributed by atoms with Gasteiger partial charge in [0.1, 0.15) is 0 Å². The Bertz CT molecular complexity index is 334. The molecule has 0 saturated heterocycles. The second-order valence-corrected chi connectivity index (χ2v) is 5.97. The van der Waals surface area contributed by atoms with E-state index in [2.05, 4.69) is 10.6 Å². The van der Waals surface area contributed by atoms with Crippen molar-refractivity contribution < 1.29 is 14.7 Å². The van der Waals surface area contributed by atoms with Gasteiger partial charge in [-0.3, -0.25) is 9.59 Å². The SMILES string of the molecule is CC(NCC1CCC(C(=O)O)CC1)C(=O)NC1CC1. The van der Waals surface area contributed by atoms with Crippen LogP contribution in [0.1, 0.15) is 45.4 Å². The third-order valence-electron chi connectivity index (χ3n) is 4.23. The highest BCUT2D eigenvalue weighted by Gasteiger charge is 2.28. The van der Waals surface area contributed by atoms with Gasteiger partial charge in [-0.1, -0.05) is 0 Å². The second kappa shape index (κ2) is 6.37. The van der Waals surface area contributed by atoms with Crippen LogP contribution in [-0.2, 0) is 9.59 Å². The van der Waals surface area contributed by atoms with Crippen LogP contribution in [-0.4, -0.2) is 35.6 Å². The minimum absolute atomic E-state index is 0.0849. The Morgan fingerprint density at radius 2 is 1.79 bits per heavy atom. The summed E-state index contributed by atoms with van der Waals surface area (Å²) in [5, 5.41) is 15.2. The number of hydrogen-bond donors (Lipinski definition) is 3. The third-order valence-corrected chi connectivity index (χ3v) is 4.23. The number of rotatable bonds is 6. The highest BCUT2D eigenvalue weighted by Crippen LogP contribution is 2.28. The maximum atomic E-state index is 11.8. The van der Waals surface area contributed by atoms with Gasteiger partial charge in [0.15, 0.2) is 0 Å². The molecule has 2 rings (SSSR count). The van der Waals surface area contributed by atoms with E-state index < -0.39 is 5.97 Å². The molecule has 5 heteroatoms. The highest BCUT2D eigenvalue weighted by atomic mass is 16.4. The van der Waals surface area contributed by atoms with Gasteiger partial charge in [-0.25, -0.2) is 0 Å². The summed E-state index contributed by atoms with van der Waals surface area (Å²) in [5.74, 6) is -0.232. The molecule has 1 amide bonds. The number of aliphatic carboxylic acids is 1. The maximum absolute atomic E-state index is 11.8. The molecular formula is C14H24N2O3. The predicted octanol–water partition coefficient (Wildman–Crippen LogP) is 1.13. The number of nitrogens with one attached hydrogen (secondary N) is 2. The lowest BCUT2D eigenvalue weighted by Crippen LogP contribution is -2.45. The van der Waals surface area contributed by atoms with Crippen molar-refractivity contribution in [2.45, 2.75) is 57.5 Å². The van der Waals surface area contributed by atoms with E-state index in [4.69, 9.17) is 5.11 Å². The number of amides is 1. The van der Waals surface area contributed by atoms with Gasteiger partial charge >= 0.3 is 5.97 Å². The van der Waals surface area contributed by atoms with Crippen molar-refractivity contribution in [1.29, 1.82) is 0 Å². The van der Waals surface area contributed by atoms with Crippen molar-refractivity contribution in [1.82, 2.24) is 10.6 Å². The van der Waals surface area contributed by atoms with E-state index in [0.717, 1.165) is 45.1 Å². The summed E-state index contributed by atoms with van der Waals surface area (Å²) < 4.78 is 0. The van der Waals surface area contributed by atoms with Gasteiger partial charge in [0.2, 0.25) is 5.91 Å². The molecule has 0 aromatic heterocycles. The maximum Gasteiger partial charge on any atom is 0.306 e. The monoisotopic (exact) mass is 268 g/mol. The first-order valence-electron chi connectivity index (χ1n) is 7.33. The summed E-state index contributed by atoms with van der Waals surface area (Å²) in [7, 11) is 0. The molecule has 0 aromatic carbocycles. The number of carboxylic acids is 1. The van der Waals surface area contributed by atoms with Crippen LogP contribution in [0.25, 0.3) is 0 Å². The van der Waals surface area contributed by atoms with Gasteiger partial charge in [-0.05, 0) is 57.9 Å². The molecule has 1 atom stereocenters. The van der Waals surface area contributed by atoms with Crippen LogP contribution in [0.5, 0.6) is 0 Å². The molecule has 0 spiro atoms. The molecule has 0 aromatic rings. The van der Waals surface area contributed by atoms with Crippen molar-refractivity contribution in [3.05, 3.63) is 0 Å². The molecule has 19 heavy (non-hydrogen) atoms. The molecule has 108 valence electrons. The first-order chi connectivity index (χ1) is 9.06. The number of carboxylic acid groups (broad SMARTS) is 1. The van der Waals surface area contributed by atoms with Crippen LogP contribution in [0, 0.1) is 11.8 Å². The van der Waals surface area contributed by atoms with Crippen molar-refractivity contribution in [3.63, 3.8) is 0 Å². The van der Waals surface area contributed by atoms with E-state index in [0.29, 0.717) is 12.0 Å². The van der Waals surface area contributed by atoms with Crippen LogP contribution >= 0.6 is 0 Å². The lowest BCUT2D eigenvalue weighted by molar-refractivity contribution is -0.143. The predicted molar refractivity (Wildman–Crippen MR) is 71.7 cm³/mol. The van der Waals surface area contributed by atoms with Gasteiger partial charge < -0.3 is 15.7 Å². The summed E-state index contributed by atoms with van der Waals surface area (Å²) in [6.45, 7) is 2.70. The van der Waals surface area contributed by atoms with Crippen molar-refractivity contribution in [2.24, 2.45) is 11.8 Å². The summed E-state index contributed by atoms with van der Waals surface area (Å²) in [6.07, 6.45) is 5.64. The van der Waals surface area contributed by atoms with Gasteiger partial charge in [0, 0.05) is 6.04 Å². The molecule has 2 fully saturated rings. The fraction of sp³-hybridized carbons (Fsp3) is 0.857. The van der Waals surface area contributed by atoms with E-state index in [-0.39, 0.29) is 17.9 Å². The Balaban J connectivity index is 1.62. The largest absolute Gasteiger partial charge is 0.481 e. The van der Waals surface area contributed by atoms with Gasteiger partial charge in [-0.2, -0.15) is 0 Å². The highest BCUT2D eigenvalue weighted by molar-refractivity contribution is 5.81. The Hall–Kier alpha value is -1.10. The Kier molecular flexibility index (Phi) is 4.80. The quantitative estimate of drug-likeness (QED) is 0.675. The van der Waals surface area contributed by atoms with Crippen molar-refractivity contribution >= 4 is 11.9 Å². The van der Waals surface area contributed by atoms with E-state index >= 15 is 0 Å². The Labute approximate surface area is 114 Å². The number of hydrogen-bond acceptors (Lipinski definition) is 3. The molecule has 1 unspecified atom stereocenters. The van der Waals surface area contributed by atoms with Crippen LogP contribution in [0.15, 0.2) is 0 Å². The summed E-state index contributed by atoms with van der Waals surface area (Å²) in [5.41, 5.74) is 0. The zero-order chi connectivity index (χ0) is 13.8. The fourth-order valence-corrected chi connectivity index (χ4v) is 2.60. The molecular weight excluding hydrogens is 244 g/mol. The van der Waals surface area contributed by atoms with E-state index in [1.165, 1.54) is 0 Å². The van der Waals surface area contributed by atoms with Crippen LogP contribution in [0.4, 0.5) is 0 Å². The van der Waals surface area contributed by atoms with Gasteiger partial charge in [0.05, 0.1) is 12.0 Å². The third kappa shape index (κ3) is 4.49. The summed E-state index contributed by atoms with van der Waals surface area (Å²) in [6, 6.07) is 0.251. The lowest BCUT2D eigenvalue weighted by atomic mass is 9.82. The molecule has 0 bridgehead atoms. The topological polar surface area (TPSA) is 78.4 Å². The smallest absolute Gasteiger partial charge is 0.306 e. The van der Waals surface area contributed by atoms with E-state index in [9.17, 15) is 9.59 Å². The zero-order valence-electron chi connectivity index (χ0n) is 11.5. The molecule has 2 aliphatic rings. The average Bonchev–Trinajstić information content (AvgIpc) is 3.20. The van der Waals surface area contributed by atoms with E-state index in [1.807, 2.05) is 6.92 Å².